The van der Waals surface area contributed by atoms with Gasteiger partial charge in [-0.25, -0.2) is 13.6 Å². The van der Waals surface area contributed by atoms with Crippen LogP contribution < -0.4 is 5.14 Å². The van der Waals surface area contributed by atoms with Gasteiger partial charge in [0.1, 0.15) is 0 Å². The van der Waals surface area contributed by atoms with Crippen LogP contribution in [0.1, 0.15) is 26.2 Å². The van der Waals surface area contributed by atoms with Gasteiger partial charge >= 0.3 is 5.97 Å². The molecule has 1 unspecified atom stereocenters. The summed E-state index contributed by atoms with van der Waals surface area (Å²) in [4.78, 5) is 10.4. The fourth-order valence-electron chi connectivity index (χ4n) is 0.818. The standard InChI is InChI=1S/C6H13NO4S/c1-2-3-4-5(6(8)9)12(7,10)11/h5H,2-4H2,1H3,(H,8,9)(H2,7,10,11). The molecule has 3 N–H and O–H groups in total. The molecule has 0 aliphatic carbocycles. The number of carboxylic acids is 1. The Morgan fingerprint density at radius 1 is 1.58 bits per heavy atom. The molecular formula is C6H13NO4S. The summed E-state index contributed by atoms with van der Waals surface area (Å²) in [7, 11) is -3.94. The first-order valence-corrected chi connectivity index (χ1v) is 5.25. The maximum atomic E-state index is 10.7. The summed E-state index contributed by atoms with van der Waals surface area (Å²) in [6.45, 7) is 1.85. The normalized spacial score (nSPS) is 14.2. The number of nitrogens with two attached hydrogens (primary N) is 1. The molecule has 0 saturated heterocycles. The highest BCUT2D eigenvalue weighted by Gasteiger charge is 2.28. The highest BCUT2D eigenvalue weighted by molar-refractivity contribution is 7.90. The van der Waals surface area contributed by atoms with E-state index in [0.717, 1.165) is 6.42 Å². The fraction of sp³-hybridized carbons (Fsp3) is 0.833. The Morgan fingerprint density at radius 2 is 2.08 bits per heavy atom. The van der Waals surface area contributed by atoms with Gasteiger partial charge in [0.15, 0.2) is 5.25 Å². The van der Waals surface area contributed by atoms with E-state index in [1.165, 1.54) is 0 Å². The molecule has 0 aromatic rings. The number of carbonyl (C=O) groups is 1. The van der Waals surface area contributed by atoms with Crippen LogP contribution in [0.15, 0.2) is 0 Å². The molecule has 0 fully saturated rings. The van der Waals surface area contributed by atoms with Crippen LogP contribution in [0.5, 0.6) is 0 Å². The molecular weight excluding hydrogens is 182 g/mol. The van der Waals surface area contributed by atoms with Gasteiger partial charge < -0.3 is 5.11 Å². The summed E-state index contributed by atoms with van der Waals surface area (Å²) in [5, 5.41) is 11.7. The molecule has 0 radical (unpaired) electrons. The second-order valence-electron chi connectivity index (χ2n) is 2.56. The molecule has 1 atom stereocenters. The van der Waals surface area contributed by atoms with Crippen LogP contribution >= 0.6 is 0 Å². The Morgan fingerprint density at radius 3 is 2.33 bits per heavy atom. The number of sulfonamides is 1. The lowest BCUT2D eigenvalue weighted by atomic mass is 10.2. The highest BCUT2D eigenvalue weighted by atomic mass is 32.2. The second-order valence-corrected chi connectivity index (χ2v) is 4.31. The molecule has 0 aliphatic heterocycles. The molecule has 72 valence electrons. The minimum atomic E-state index is -3.94. The van der Waals surface area contributed by atoms with Crippen LogP contribution in [-0.4, -0.2) is 24.7 Å². The maximum absolute atomic E-state index is 10.7. The molecule has 0 spiro atoms. The van der Waals surface area contributed by atoms with Crippen molar-refractivity contribution in [2.45, 2.75) is 31.4 Å². The van der Waals surface area contributed by atoms with Gasteiger partial charge in [0, 0.05) is 0 Å². The van der Waals surface area contributed by atoms with Crippen LogP contribution in [0.3, 0.4) is 0 Å². The van der Waals surface area contributed by atoms with E-state index >= 15 is 0 Å². The topological polar surface area (TPSA) is 97.5 Å². The number of hydrogen-bond donors (Lipinski definition) is 2. The van der Waals surface area contributed by atoms with Gasteiger partial charge in [-0.1, -0.05) is 19.8 Å². The molecule has 0 bridgehead atoms. The van der Waals surface area contributed by atoms with Gasteiger partial charge in [-0.05, 0) is 6.42 Å². The van der Waals surface area contributed by atoms with Crippen LogP contribution in [0, 0.1) is 0 Å². The third-order valence-electron chi connectivity index (χ3n) is 1.49. The van der Waals surface area contributed by atoms with Gasteiger partial charge in [-0.3, -0.25) is 4.79 Å². The lowest BCUT2D eigenvalue weighted by Crippen LogP contribution is -2.35. The summed E-state index contributed by atoms with van der Waals surface area (Å²) < 4.78 is 21.4. The van der Waals surface area contributed by atoms with E-state index in [0.29, 0.717) is 6.42 Å². The van der Waals surface area contributed by atoms with Crippen molar-refractivity contribution in [1.82, 2.24) is 0 Å². The first-order valence-electron chi connectivity index (χ1n) is 3.64. The quantitative estimate of drug-likeness (QED) is 0.641. The van der Waals surface area contributed by atoms with Crippen LogP contribution in [0.4, 0.5) is 0 Å². The predicted molar refractivity (Wildman–Crippen MR) is 44.1 cm³/mol. The van der Waals surface area contributed by atoms with E-state index in [9.17, 15) is 13.2 Å². The number of primary sulfonamides is 1. The molecule has 0 aliphatic rings. The van der Waals surface area contributed by atoms with Crippen LogP contribution in [-0.2, 0) is 14.8 Å². The zero-order valence-electron chi connectivity index (χ0n) is 6.86. The number of rotatable bonds is 5. The van der Waals surface area contributed by atoms with Crippen LogP contribution in [0.25, 0.3) is 0 Å². The monoisotopic (exact) mass is 195 g/mol. The first-order chi connectivity index (χ1) is 5.39. The van der Waals surface area contributed by atoms with E-state index < -0.39 is 21.2 Å². The lowest BCUT2D eigenvalue weighted by molar-refractivity contribution is -0.136. The minimum Gasteiger partial charge on any atom is -0.480 e. The minimum absolute atomic E-state index is 0.0880. The SMILES string of the molecule is CCCCC(C(=O)O)S(N)(=O)=O. The van der Waals surface area contributed by atoms with Gasteiger partial charge in [0.05, 0.1) is 0 Å². The maximum Gasteiger partial charge on any atom is 0.323 e. The van der Waals surface area contributed by atoms with Crippen molar-refractivity contribution >= 4 is 16.0 Å². The van der Waals surface area contributed by atoms with E-state index in [-0.39, 0.29) is 6.42 Å². The predicted octanol–water partition coefficient (Wildman–Crippen LogP) is -0.0817. The molecule has 6 heteroatoms. The third kappa shape index (κ3) is 3.68. The summed E-state index contributed by atoms with van der Waals surface area (Å²) in [5.41, 5.74) is 0. The molecule has 12 heavy (non-hydrogen) atoms. The van der Waals surface area contributed by atoms with Gasteiger partial charge in [-0.15, -0.1) is 0 Å². The van der Waals surface area contributed by atoms with Crippen molar-refractivity contribution in [3.63, 3.8) is 0 Å². The fourth-order valence-corrected chi connectivity index (χ4v) is 1.59. The molecule has 0 saturated carbocycles. The number of unbranched alkanes of at least 4 members (excludes halogenated alkanes) is 1. The summed E-state index contributed by atoms with van der Waals surface area (Å²) >= 11 is 0. The molecule has 0 rings (SSSR count). The first kappa shape index (κ1) is 11.4. The summed E-state index contributed by atoms with van der Waals surface area (Å²) in [6.07, 6.45) is 1.39. The Bertz CT molecular complexity index is 246. The average molecular weight is 195 g/mol. The molecule has 5 nitrogen and oxygen atoms in total. The summed E-state index contributed by atoms with van der Waals surface area (Å²) in [5.74, 6) is -1.37. The Hall–Kier alpha value is -0.620. The number of aliphatic carboxylic acids is 1. The largest absolute Gasteiger partial charge is 0.480 e. The Labute approximate surface area is 71.6 Å². The van der Waals surface area contributed by atoms with E-state index in [2.05, 4.69) is 0 Å². The lowest BCUT2D eigenvalue weighted by Gasteiger charge is -2.07. The number of carboxylic acid groups (broad SMARTS) is 1. The van der Waals surface area contributed by atoms with Crippen molar-refractivity contribution < 1.29 is 18.3 Å². The summed E-state index contributed by atoms with van der Waals surface area (Å²) in [6, 6.07) is 0. The van der Waals surface area contributed by atoms with E-state index in [1.807, 2.05) is 6.92 Å². The smallest absolute Gasteiger partial charge is 0.323 e. The Kier molecular flexibility index (Phi) is 4.19. The van der Waals surface area contributed by atoms with Crippen molar-refractivity contribution in [3.05, 3.63) is 0 Å². The molecule has 0 aromatic carbocycles. The molecule has 0 amide bonds. The zero-order chi connectivity index (χ0) is 9.78. The third-order valence-corrected chi connectivity index (χ3v) is 2.72. The van der Waals surface area contributed by atoms with Crippen molar-refractivity contribution in [2.75, 3.05) is 0 Å². The highest BCUT2D eigenvalue weighted by Crippen LogP contribution is 2.07. The van der Waals surface area contributed by atoms with Gasteiger partial charge in [-0.2, -0.15) is 0 Å². The number of hydrogen-bond acceptors (Lipinski definition) is 3. The zero-order valence-corrected chi connectivity index (χ0v) is 7.67. The van der Waals surface area contributed by atoms with Gasteiger partial charge in [0.25, 0.3) is 0 Å². The van der Waals surface area contributed by atoms with Crippen molar-refractivity contribution in [2.24, 2.45) is 5.14 Å². The van der Waals surface area contributed by atoms with Crippen molar-refractivity contribution in [1.29, 1.82) is 0 Å². The van der Waals surface area contributed by atoms with Gasteiger partial charge in [0.2, 0.25) is 10.0 Å². The average Bonchev–Trinajstić information content (AvgIpc) is 1.84. The van der Waals surface area contributed by atoms with E-state index in [1.54, 1.807) is 0 Å². The van der Waals surface area contributed by atoms with Crippen molar-refractivity contribution in [3.8, 4) is 0 Å². The molecule has 0 aromatic heterocycles. The van der Waals surface area contributed by atoms with E-state index in [4.69, 9.17) is 10.2 Å². The second kappa shape index (κ2) is 4.42. The van der Waals surface area contributed by atoms with Crippen LogP contribution in [0.2, 0.25) is 0 Å². The molecule has 0 heterocycles. The Balaban J connectivity index is 4.36.